The van der Waals surface area contributed by atoms with Gasteiger partial charge in [0.05, 0.1) is 27.6 Å². The van der Waals surface area contributed by atoms with E-state index < -0.39 is 12.1 Å². The van der Waals surface area contributed by atoms with Crippen LogP contribution in [0.2, 0.25) is 0 Å². The molecule has 0 aliphatic rings. The Kier molecular flexibility index (Phi) is 17.8. The van der Waals surface area contributed by atoms with Gasteiger partial charge in [0.1, 0.15) is 6.54 Å². The minimum Gasteiger partial charge on any atom is -0.481 e. The number of esters is 1. The van der Waals surface area contributed by atoms with Gasteiger partial charge < -0.3 is 14.3 Å². The highest BCUT2D eigenvalue weighted by Gasteiger charge is 2.24. The molecular weight excluding hydrogens is 390 g/mol. The molecule has 0 amide bonds. The van der Waals surface area contributed by atoms with Gasteiger partial charge in [-0.1, -0.05) is 97.3 Å². The Morgan fingerprint density at radius 1 is 0.742 bits per heavy atom. The van der Waals surface area contributed by atoms with Crippen LogP contribution in [-0.4, -0.2) is 55.3 Å². The number of quaternary nitrogens is 1. The average Bonchev–Trinajstić information content (AvgIpc) is 2.62. The molecule has 0 aliphatic heterocycles. The summed E-state index contributed by atoms with van der Waals surface area (Å²) in [4.78, 5) is 23.0. The normalized spacial score (nSPS) is 12.8. The van der Waals surface area contributed by atoms with Crippen LogP contribution in [0.1, 0.15) is 117 Å². The maximum absolute atomic E-state index is 12.0. The largest absolute Gasteiger partial charge is 0.481 e. The Morgan fingerprint density at radius 2 is 1.16 bits per heavy atom. The van der Waals surface area contributed by atoms with Crippen molar-refractivity contribution in [3.05, 3.63) is 0 Å². The first kappa shape index (κ1) is 29.9. The zero-order chi connectivity index (χ0) is 23.5. The number of hydrogen-bond acceptors (Lipinski definition) is 3. The molecule has 0 bridgehead atoms. The maximum atomic E-state index is 12.0. The second kappa shape index (κ2) is 18.5. The predicted octanol–water partition coefficient (Wildman–Crippen LogP) is 6.59. The quantitative estimate of drug-likeness (QED) is 0.124. The smallest absolute Gasteiger partial charge is 0.307 e. The maximum Gasteiger partial charge on any atom is 0.307 e. The molecule has 0 saturated heterocycles. The van der Waals surface area contributed by atoms with Gasteiger partial charge in [-0.2, -0.15) is 0 Å². The number of nitrogens with zero attached hydrogens (tertiary/aromatic N) is 1. The molecule has 5 nitrogen and oxygen atoms in total. The molecule has 5 heteroatoms. The molecule has 1 atom stereocenters. The summed E-state index contributed by atoms with van der Waals surface area (Å²) in [7, 11) is 5.91. The molecule has 0 aromatic carbocycles. The molecule has 0 radical (unpaired) electrons. The molecule has 0 unspecified atom stereocenters. The number of likely N-dealkylation sites (N-methyl/N-ethyl adjacent to an activating group) is 1. The number of carbonyl (C=O) groups is 2. The van der Waals surface area contributed by atoms with Crippen LogP contribution in [0, 0.1) is 5.92 Å². The molecule has 0 spiro atoms. The fourth-order valence-corrected chi connectivity index (χ4v) is 3.96. The van der Waals surface area contributed by atoms with Gasteiger partial charge in [-0.3, -0.25) is 9.59 Å². The third-order valence-electron chi connectivity index (χ3n) is 5.61. The van der Waals surface area contributed by atoms with Gasteiger partial charge in [-0.05, 0) is 12.3 Å². The number of carboxylic acids is 1. The first-order valence-electron chi connectivity index (χ1n) is 12.8. The summed E-state index contributed by atoms with van der Waals surface area (Å²) < 4.78 is 6.00. The van der Waals surface area contributed by atoms with E-state index in [0.29, 0.717) is 17.4 Å². The number of carboxylic acid groups (broad SMARTS) is 1. The number of ether oxygens (including phenoxy) is 1. The molecule has 0 aromatic heterocycles. The monoisotopic (exact) mass is 442 g/mol. The Morgan fingerprint density at radius 3 is 1.55 bits per heavy atom. The van der Waals surface area contributed by atoms with Crippen LogP contribution in [0.15, 0.2) is 0 Å². The van der Waals surface area contributed by atoms with Crippen LogP contribution >= 0.6 is 0 Å². The lowest BCUT2D eigenvalue weighted by molar-refractivity contribution is -0.873. The summed E-state index contributed by atoms with van der Waals surface area (Å²) in [6, 6.07) is 0. The lowest BCUT2D eigenvalue weighted by atomic mass is 10.0. The molecule has 0 heterocycles. The minimum atomic E-state index is -0.923. The van der Waals surface area contributed by atoms with Crippen LogP contribution in [0.5, 0.6) is 0 Å². The number of hydrogen-bond donors (Lipinski definition) is 1. The zero-order valence-electron chi connectivity index (χ0n) is 21.3. The van der Waals surface area contributed by atoms with E-state index in [1.807, 2.05) is 21.1 Å². The Bertz CT molecular complexity index is 457. The van der Waals surface area contributed by atoms with Crippen molar-refractivity contribution in [3.63, 3.8) is 0 Å². The van der Waals surface area contributed by atoms with Gasteiger partial charge in [-0.15, -0.1) is 0 Å². The van der Waals surface area contributed by atoms with Gasteiger partial charge >= 0.3 is 11.9 Å². The summed E-state index contributed by atoms with van der Waals surface area (Å²) in [6.45, 7) is 5.12. The minimum absolute atomic E-state index is 0.126. The van der Waals surface area contributed by atoms with Crippen LogP contribution < -0.4 is 0 Å². The van der Waals surface area contributed by atoms with Crippen molar-refractivity contribution in [2.75, 3.05) is 27.7 Å². The molecule has 1 N–H and O–H groups in total. The first-order valence-corrected chi connectivity index (χ1v) is 12.8. The van der Waals surface area contributed by atoms with Crippen molar-refractivity contribution < 1.29 is 23.9 Å². The van der Waals surface area contributed by atoms with E-state index in [1.54, 1.807) is 0 Å². The first-order chi connectivity index (χ1) is 14.6. The average molecular weight is 443 g/mol. The van der Waals surface area contributed by atoms with Crippen LogP contribution in [0.4, 0.5) is 0 Å². The van der Waals surface area contributed by atoms with Crippen molar-refractivity contribution in [2.24, 2.45) is 5.92 Å². The number of unbranched alkanes of at least 4 members (excludes halogenated alkanes) is 12. The van der Waals surface area contributed by atoms with Gasteiger partial charge in [0.15, 0.2) is 6.10 Å². The molecule has 0 aliphatic carbocycles. The Hall–Kier alpha value is -1.10. The number of rotatable bonds is 21. The highest BCUT2D eigenvalue weighted by Crippen LogP contribution is 2.15. The van der Waals surface area contributed by atoms with E-state index in [9.17, 15) is 9.59 Å². The lowest BCUT2D eigenvalue weighted by Gasteiger charge is -2.28. The van der Waals surface area contributed by atoms with Crippen molar-refractivity contribution in [1.82, 2.24) is 0 Å². The molecule has 0 fully saturated rings. The lowest BCUT2D eigenvalue weighted by Crippen LogP contribution is -2.43. The van der Waals surface area contributed by atoms with Gasteiger partial charge in [0, 0.05) is 6.42 Å². The predicted molar refractivity (Wildman–Crippen MR) is 129 cm³/mol. The molecule has 0 rings (SSSR count). The van der Waals surface area contributed by atoms with Gasteiger partial charge in [0.25, 0.3) is 0 Å². The van der Waals surface area contributed by atoms with E-state index in [1.165, 1.54) is 77.0 Å². The van der Waals surface area contributed by atoms with Gasteiger partial charge in [-0.25, -0.2) is 0 Å². The number of aliphatic carboxylic acids is 1. The molecule has 0 aromatic rings. The van der Waals surface area contributed by atoms with E-state index in [0.717, 1.165) is 18.8 Å². The third kappa shape index (κ3) is 23.4. The Labute approximate surface area is 192 Å². The van der Waals surface area contributed by atoms with E-state index in [-0.39, 0.29) is 12.4 Å². The third-order valence-corrected chi connectivity index (χ3v) is 5.61. The SMILES string of the molecule is CC(C)CCCCCCCCCCCCCCCC(=O)O[C@H](CC(=O)O)C[N+](C)(C)C. The zero-order valence-corrected chi connectivity index (χ0v) is 21.3. The van der Waals surface area contributed by atoms with E-state index in [2.05, 4.69) is 13.8 Å². The second-order valence-corrected chi connectivity index (χ2v) is 10.7. The topological polar surface area (TPSA) is 63.6 Å². The van der Waals surface area contributed by atoms with E-state index in [4.69, 9.17) is 9.84 Å². The molecular formula is C26H52NO4+. The molecule has 31 heavy (non-hydrogen) atoms. The second-order valence-electron chi connectivity index (χ2n) is 10.7. The van der Waals surface area contributed by atoms with Crippen molar-refractivity contribution in [2.45, 2.75) is 123 Å². The summed E-state index contributed by atoms with van der Waals surface area (Å²) in [6.07, 6.45) is 17.7. The van der Waals surface area contributed by atoms with Crippen LogP contribution in [-0.2, 0) is 14.3 Å². The highest BCUT2D eigenvalue weighted by molar-refractivity contribution is 5.71. The summed E-state index contributed by atoms with van der Waals surface area (Å²) in [5, 5.41) is 9.02. The summed E-state index contributed by atoms with van der Waals surface area (Å²) >= 11 is 0. The van der Waals surface area contributed by atoms with Crippen LogP contribution in [0.25, 0.3) is 0 Å². The molecule has 184 valence electrons. The van der Waals surface area contributed by atoms with Gasteiger partial charge in [0.2, 0.25) is 0 Å². The highest BCUT2D eigenvalue weighted by atomic mass is 16.5. The van der Waals surface area contributed by atoms with Crippen molar-refractivity contribution in [3.8, 4) is 0 Å². The van der Waals surface area contributed by atoms with Crippen molar-refractivity contribution in [1.29, 1.82) is 0 Å². The van der Waals surface area contributed by atoms with E-state index >= 15 is 0 Å². The Balaban J connectivity index is 3.55. The van der Waals surface area contributed by atoms with Crippen molar-refractivity contribution >= 4 is 11.9 Å². The fraction of sp³-hybridized carbons (Fsp3) is 0.923. The summed E-state index contributed by atoms with van der Waals surface area (Å²) in [5.41, 5.74) is 0. The summed E-state index contributed by atoms with van der Waals surface area (Å²) in [5.74, 6) is -0.334. The number of carbonyl (C=O) groups excluding carboxylic acids is 1. The fourth-order valence-electron chi connectivity index (χ4n) is 3.96. The van der Waals surface area contributed by atoms with Crippen LogP contribution in [0.3, 0.4) is 0 Å². The standard InChI is InChI=1S/C26H51NO4/c1-23(2)19-17-15-13-11-9-7-6-8-10-12-14-16-18-20-26(30)31-24(21-25(28)29)22-27(3,4)5/h23-24H,6-22H2,1-5H3/p+1/t24-/m1/s1. The molecule has 0 saturated carbocycles.